The van der Waals surface area contributed by atoms with E-state index in [1.54, 1.807) is 6.92 Å². The highest BCUT2D eigenvalue weighted by Gasteiger charge is 2.18. The van der Waals surface area contributed by atoms with E-state index in [0.29, 0.717) is 0 Å². The van der Waals surface area contributed by atoms with Crippen LogP contribution in [0.1, 0.15) is 30.0 Å². The van der Waals surface area contributed by atoms with Crippen LogP contribution < -0.4 is 0 Å². The van der Waals surface area contributed by atoms with Crippen LogP contribution in [0.5, 0.6) is 5.75 Å². The molecular weight excluding hydrogens is 244 g/mol. The Bertz CT molecular complexity index is 495. The van der Waals surface area contributed by atoms with Gasteiger partial charge in [0.05, 0.1) is 13.0 Å². The summed E-state index contributed by atoms with van der Waals surface area (Å²) in [5.74, 6) is -1.14. The lowest BCUT2D eigenvalue weighted by atomic mass is 10.0. The largest absolute Gasteiger partial charge is 0.507 e. The van der Waals surface area contributed by atoms with Crippen molar-refractivity contribution in [2.45, 2.75) is 19.8 Å². The molecule has 0 aliphatic carbocycles. The second kappa shape index (κ2) is 5.96. The van der Waals surface area contributed by atoms with E-state index in [1.807, 2.05) is 0 Å². The fourth-order valence-corrected chi connectivity index (χ4v) is 1.48. The molecule has 1 N–H and O–H groups in total. The van der Waals surface area contributed by atoms with Gasteiger partial charge in [-0.3, -0.25) is 4.79 Å². The summed E-state index contributed by atoms with van der Waals surface area (Å²) in [6.07, 6.45) is -3.12. The molecule has 0 saturated carbocycles. The van der Waals surface area contributed by atoms with Gasteiger partial charge in [-0.25, -0.2) is 8.78 Å². The number of alkyl halides is 2. The summed E-state index contributed by atoms with van der Waals surface area (Å²) in [7, 11) is 0. The van der Waals surface area contributed by atoms with Crippen molar-refractivity contribution in [3.8, 4) is 11.8 Å². The number of nitrogens with zero attached hydrogens (tertiary/aromatic N) is 1. The maximum Gasteiger partial charge on any atom is 0.310 e. The van der Waals surface area contributed by atoms with Gasteiger partial charge in [-0.15, -0.1) is 0 Å². The summed E-state index contributed by atoms with van der Waals surface area (Å²) in [5.41, 5.74) is -0.880. The number of halogens is 2. The number of carbonyl (C=O) groups is 1. The molecular formula is C12H11F2NO3. The van der Waals surface area contributed by atoms with E-state index in [9.17, 15) is 18.7 Å². The second-order valence-electron chi connectivity index (χ2n) is 3.47. The van der Waals surface area contributed by atoms with Gasteiger partial charge in [0.25, 0.3) is 6.43 Å². The standard InChI is InChI=1S/C12H11F2NO3/c1-2-18-11(17)5-7-3-8(12(13)14)9(6-15)10(16)4-7/h3-4,12,16H,2,5H2,1H3. The Balaban J connectivity index is 3.10. The average molecular weight is 255 g/mol. The lowest BCUT2D eigenvalue weighted by Crippen LogP contribution is -2.08. The molecule has 0 heterocycles. The minimum atomic E-state index is -2.90. The zero-order valence-electron chi connectivity index (χ0n) is 9.61. The van der Waals surface area contributed by atoms with Gasteiger partial charge >= 0.3 is 5.97 Å². The van der Waals surface area contributed by atoms with Crippen LogP contribution in [0.2, 0.25) is 0 Å². The molecule has 0 amide bonds. The number of phenols is 1. The smallest absolute Gasteiger partial charge is 0.310 e. The first-order valence-corrected chi connectivity index (χ1v) is 5.19. The first kappa shape index (κ1) is 13.9. The van der Waals surface area contributed by atoms with Crippen LogP contribution in [-0.4, -0.2) is 17.7 Å². The monoisotopic (exact) mass is 255 g/mol. The first-order chi connectivity index (χ1) is 8.49. The van der Waals surface area contributed by atoms with E-state index in [1.165, 1.54) is 6.07 Å². The molecule has 0 fully saturated rings. The number of hydrogen-bond donors (Lipinski definition) is 1. The molecule has 1 rings (SSSR count). The predicted octanol–water partition coefficient (Wildman–Crippen LogP) is 2.31. The van der Waals surface area contributed by atoms with Crippen molar-refractivity contribution in [1.82, 2.24) is 0 Å². The predicted molar refractivity (Wildman–Crippen MR) is 58.1 cm³/mol. The Kier molecular flexibility index (Phi) is 4.60. The SMILES string of the molecule is CCOC(=O)Cc1cc(O)c(C#N)c(C(F)F)c1. The van der Waals surface area contributed by atoms with Crippen molar-refractivity contribution in [3.05, 3.63) is 28.8 Å². The van der Waals surface area contributed by atoms with Gasteiger partial charge < -0.3 is 9.84 Å². The molecule has 18 heavy (non-hydrogen) atoms. The van der Waals surface area contributed by atoms with Gasteiger partial charge in [0.2, 0.25) is 0 Å². The van der Waals surface area contributed by atoms with Gasteiger partial charge in [-0.1, -0.05) is 0 Å². The average Bonchev–Trinajstić information content (AvgIpc) is 2.28. The summed E-state index contributed by atoms with van der Waals surface area (Å²) >= 11 is 0. The van der Waals surface area contributed by atoms with E-state index in [2.05, 4.69) is 4.74 Å². The van der Waals surface area contributed by atoms with Crippen molar-refractivity contribution in [3.63, 3.8) is 0 Å². The number of hydrogen-bond acceptors (Lipinski definition) is 4. The number of phenolic OH excluding ortho intramolecular Hbond substituents is 1. The first-order valence-electron chi connectivity index (χ1n) is 5.19. The third-order valence-corrected chi connectivity index (χ3v) is 2.21. The Morgan fingerprint density at radius 2 is 2.22 bits per heavy atom. The number of nitriles is 1. The second-order valence-corrected chi connectivity index (χ2v) is 3.47. The fraction of sp³-hybridized carbons (Fsp3) is 0.333. The van der Waals surface area contributed by atoms with Crippen LogP contribution in [0.3, 0.4) is 0 Å². The van der Waals surface area contributed by atoms with Crippen molar-refractivity contribution in [2.75, 3.05) is 6.61 Å². The molecule has 0 bridgehead atoms. The molecule has 0 aromatic heterocycles. The summed E-state index contributed by atoms with van der Waals surface area (Å²) < 4.78 is 30.0. The molecule has 96 valence electrons. The molecule has 0 spiro atoms. The molecule has 0 saturated heterocycles. The molecule has 6 heteroatoms. The molecule has 0 aliphatic heterocycles. The quantitative estimate of drug-likeness (QED) is 0.838. The van der Waals surface area contributed by atoms with Crippen LogP contribution in [0.15, 0.2) is 12.1 Å². The van der Waals surface area contributed by atoms with Crippen LogP contribution >= 0.6 is 0 Å². The highest BCUT2D eigenvalue weighted by atomic mass is 19.3. The fourth-order valence-electron chi connectivity index (χ4n) is 1.48. The van der Waals surface area contributed by atoms with Gasteiger partial charge in [0.1, 0.15) is 17.4 Å². The summed E-state index contributed by atoms with van der Waals surface area (Å²) in [6.45, 7) is 1.81. The lowest BCUT2D eigenvalue weighted by molar-refractivity contribution is -0.142. The van der Waals surface area contributed by atoms with Gasteiger partial charge in [-0.2, -0.15) is 5.26 Å². The zero-order chi connectivity index (χ0) is 13.7. The van der Waals surface area contributed by atoms with Crippen molar-refractivity contribution >= 4 is 5.97 Å². The number of benzene rings is 1. The normalized spacial score (nSPS) is 10.2. The topological polar surface area (TPSA) is 70.3 Å². The van der Waals surface area contributed by atoms with E-state index in [-0.39, 0.29) is 18.6 Å². The highest BCUT2D eigenvalue weighted by Crippen LogP contribution is 2.30. The maximum atomic E-state index is 12.7. The molecule has 1 aromatic rings. The maximum absolute atomic E-state index is 12.7. The van der Waals surface area contributed by atoms with E-state index >= 15 is 0 Å². The molecule has 4 nitrogen and oxygen atoms in total. The van der Waals surface area contributed by atoms with E-state index in [4.69, 9.17) is 5.26 Å². The summed E-state index contributed by atoms with van der Waals surface area (Å²) in [6, 6.07) is 3.64. The lowest BCUT2D eigenvalue weighted by Gasteiger charge is -2.08. The minimum Gasteiger partial charge on any atom is -0.507 e. The number of esters is 1. The third kappa shape index (κ3) is 3.17. The minimum absolute atomic E-state index is 0.181. The Hall–Kier alpha value is -2.16. The van der Waals surface area contributed by atoms with Crippen LogP contribution in [0, 0.1) is 11.3 Å². The number of aromatic hydroxyl groups is 1. The molecule has 0 unspecified atom stereocenters. The van der Waals surface area contributed by atoms with Crippen molar-refractivity contribution < 1.29 is 23.4 Å². The Labute approximate surface area is 102 Å². The van der Waals surface area contributed by atoms with Crippen molar-refractivity contribution in [2.24, 2.45) is 0 Å². The highest BCUT2D eigenvalue weighted by molar-refractivity contribution is 5.73. The van der Waals surface area contributed by atoms with Crippen molar-refractivity contribution in [1.29, 1.82) is 5.26 Å². The van der Waals surface area contributed by atoms with Gasteiger partial charge in [0, 0.05) is 5.56 Å². The number of ether oxygens (including phenoxy) is 1. The van der Waals surface area contributed by atoms with E-state index < -0.39 is 29.3 Å². The Morgan fingerprint density at radius 3 is 2.72 bits per heavy atom. The molecule has 0 atom stereocenters. The Morgan fingerprint density at radius 1 is 1.56 bits per heavy atom. The van der Waals surface area contributed by atoms with Gasteiger partial charge in [-0.05, 0) is 24.6 Å². The van der Waals surface area contributed by atoms with Crippen LogP contribution in [0.4, 0.5) is 8.78 Å². The summed E-state index contributed by atoms with van der Waals surface area (Å²) in [5, 5.41) is 18.1. The molecule has 1 aromatic carbocycles. The van der Waals surface area contributed by atoms with E-state index in [0.717, 1.165) is 12.1 Å². The van der Waals surface area contributed by atoms with Gasteiger partial charge in [0.15, 0.2) is 0 Å². The van der Waals surface area contributed by atoms with Crippen LogP contribution in [-0.2, 0) is 16.0 Å². The molecule has 0 radical (unpaired) electrons. The molecule has 0 aliphatic rings. The summed E-state index contributed by atoms with van der Waals surface area (Å²) in [4.78, 5) is 11.2. The number of carbonyl (C=O) groups excluding carboxylic acids is 1. The number of rotatable bonds is 4. The van der Waals surface area contributed by atoms with Crippen LogP contribution in [0.25, 0.3) is 0 Å². The third-order valence-electron chi connectivity index (χ3n) is 2.21. The zero-order valence-corrected chi connectivity index (χ0v) is 9.61.